The minimum atomic E-state index is -1.34. The summed E-state index contributed by atoms with van der Waals surface area (Å²) >= 11 is 1.50. The largest absolute Gasteiger partial charge is 0.480 e. The second-order valence-corrected chi connectivity index (χ2v) is 11.7. The molecule has 0 aromatic carbocycles. The summed E-state index contributed by atoms with van der Waals surface area (Å²) in [5.74, 6) is -0.300. The van der Waals surface area contributed by atoms with E-state index in [2.05, 4.69) is 20.8 Å². The number of nitrogens with two attached hydrogens (primary N) is 1. The highest BCUT2D eigenvalue weighted by Gasteiger charge is 2.25. The molecule has 0 heterocycles. The van der Waals surface area contributed by atoms with Crippen LogP contribution in [-0.4, -0.2) is 55.7 Å². The molecular formula is C14H29NO4S2. The number of rotatable bonds is 4. The molecule has 1 rings (SSSR count). The van der Waals surface area contributed by atoms with E-state index in [1.54, 1.807) is 0 Å². The summed E-state index contributed by atoms with van der Waals surface area (Å²) in [6.07, 6.45) is 5.91. The van der Waals surface area contributed by atoms with Gasteiger partial charge in [-0.1, -0.05) is 20.8 Å². The lowest BCUT2D eigenvalue weighted by Crippen LogP contribution is -2.33. The Morgan fingerprint density at radius 2 is 1.95 bits per heavy atom. The van der Waals surface area contributed by atoms with Gasteiger partial charge < -0.3 is 15.4 Å². The van der Waals surface area contributed by atoms with Gasteiger partial charge in [-0.15, -0.1) is 10.3 Å². The molecule has 0 aromatic rings. The quantitative estimate of drug-likeness (QED) is 0.728. The van der Waals surface area contributed by atoms with E-state index in [0.717, 1.165) is 6.42 Å². The third-order valence-electron chi connectivity index (χ3n) is 3.53. The highest BCUT2D eigenvalue weighted by molar-refractivity contribution is 8.29. The van der Waals surface area contributed by atoms with Crippen LogP contribution in [0.25, 0.3) is 0 Å². The van der Waals surface area contributed by atoms with Crippen molar-refractivity contribution in [1.82, 2.24) is 0 Å². The summed E-state index contributed by atoms with van der Waals surface area (Å²) in [4.78, 5) is 21.2. The summed E-state index contributed by atoms with van der Waals surface area (Å²) in [6, 6.07) is -0.805. The topological polar surface area (TPSA) is 101 Å². The maximum Gasteiger partial charge on any atom is 0.321 e. The first kappa shape index (κ1) is 20.8. The van der Waals surface area contributed by atoms with Crippen LogP contribution in [-0.2, 0) is 9.59 Å². The van der Waals surface area contributed by atoms with Gasteiger partial charge >= 0.3 is 5.97 Å². The molecule has 126 valence electrons. The van der Waals surface area contributed by atoms with Gasteiger partial charge in [0.25, 0.3) is 0 Å². The van der Waals surface area contributed by atoms with Crippen LogP contribution in [0.2, 0.25) is 0 Å². The van der Waals surface area contributed by atoms with E-state index in [0.29, 0.717) is 18.6 Å². The summed E-state index contributed by atoms with van der Waals surface area (Å²) in [5.41, 5.74) is 5.32. The maximum absolute atomic E-state index is 10.9. The zero-order valence-electron chi connectivity index (χ0n) is 13.6. The molecule has 0 saturated heterocycles. The van der Waals surface area contributed by atoms with Crippen molar-refractivity contribution in [3.05, 3.63) is 0 Å². The van der Waals surface area contributed by atoms with Crippen molar-refractivity contribution in [2.24, 2.45) is 5.73 Å². The van der Waals surface area contributed by atoms with Crippen molar-refractivity contribution in [3.63, 3.8) is 0 Å². The van der Waals surface area contributed by atoms with Crippen LogP contribution >= 0.6 is 22.1 Å². The van der Waals surface area contributed by atoms with Gasteiger partial charge in [-0.05, 0) is 18.9 Å². The minimum Gasteiger partial charge on any atom is -0.480 e. The van der Waals surface area contributed by atoms with Gasteiger partial charge in [-0.2, -0.15) is 11.8 Å². The fraction of sp³-hybridized carbons (Fsp3) is 0.857. The third-order valence-corrected chi connectivity index (χ3v) is 7.95. The van der Waals surface area contributed by atoms with E-state index in [1.165, 1.54) is 11.8 Å². The van der Waals surface area contributed by atoms with Crippen LogP contribution in [0, 0.1) is 0 Å². The fourth-order valence-electron chi connectivity index (χ4n) is 1.23. The second kappa shape index (κ2) is 8.41. The average molecular weight is 340 g/mol. The molecule has 0 bridgehead atoms. The van der Waals surface area contributed by atoms with Gasteiger partial charge in [-0.3, -0.25) is 9.59 Å². The van der Waals surface area contributed by atoms with Crippen molar-refractivity contribution in [2.45, 2.75) is 56.1 Å². The Morgan fingerprint density at radius 1 is 1.48 bits per heavy atom. The van der Waals surface area contributed by atoms with Crippen LogP contribution in [0.3, 0.4) is 0 Å². The molecule has 5 nitrogen and oxygen atoms in total. The highest BCUT2D eigenvalue weighted by atomic mass is 32.3. The van der Waals surface area contributed by atoms with Gasteiger partial charge in [0, 0.05) is 28.6 Å². The molecule has 0 amide bonds. The number of aliphatic carboxylic acids is 1. The molecule has 4 N–H and O–H groups in total. The molecule has 0 spiro atoms. The molecule has 2 atom stereocenters. The second-order valence-electron chi connectivity index (χ2n) is 6.57. The number of hydrogen-bond donors (Lipinski definition) is 3. The predicted molar refractivity (Wildman–Crippen MR) is 92.5 cm³/mol. The van der Waals surface area contributed by atoms with Crippen molar-refractivity contribution >= 4 is 33.8 Å². The van der Waals surface area contributed by atoms with Gasteiger partial charge in [0.1, 0.15) is 11.8 Å². The normalized spacial score (nSPS) is 21.5. The van der Waals surface area contributed by atoms with Gasteiger partial charge in [0.2, 0.25) is 0 Å². The number of carboxylic acids is 1. The Labute approximate surface area is 133 Å². The van der Waals surface area contributed by atoms with Crippen molar-refractivity contribution < 1.29 is 19.2 Å². The van der Waals surface area contributed by atoms with Crippen molar-refractivity contribution in [1.29, 1.82) is 0 Å². The van der Waals surface area contributed by atoms with Gasteiger partial charge in [-0.25, -0.2) is 0 Å². The molecule has 0 aliphatic heterocycles. The molecule has 1 aliphatic carbocycles. The van der Waals surface area contributed by atoms with Crippen molar-refractivity contribution in [2.75, 3.05) is 18.3 Å². The summed E-state index contributed by atoms with van der Waals surface area (Å²) in [7, 11) is -1.34. The lowest BCUT2D eigenvalue weighted by molar-refractivity contribution is -0.137. The Kier molecular flexibility index (Phi) is 8.31. The molecule has 1 fully saturated rings. The molecule has 1 saturated carbocycles. The van der Waals surface area contributed by atoms with Crippen LogP contribution in [0.15, 0.2) is 0 Å². The van der Waals surface area contributed by atoms with E-state index < -0.39 is 22.3 Å². The highest BCUT2D eigenvalue weighted by Crippen LogP contribution is 2.48. The number of thioether (sulfide) groups is 1. The molecular weight excluding hydrogens is 310 g/mol. The maximum atomic E-state index is 10.9. The van der Waals surface area contributed by atoms with E-state index >= 15 is 0 Å². The van der Waals surface area contributed by atoms with E-state index in [1.807, 2.05) is 12.5 Å². The molecule has 21 heavy (non-hydrogen) atoms. The van der Waals surface area contributed by atoms with E-state index in [-0.39, 0.29) is 15.8 Å². The minimum absolute atomic E-state index is 0.0764. The lowest BCUT2D eigenvalue weighted by atomic mass is 10.3. The first-order valence-corrected chi connectivity index (χ1v) is 10.4. The number of Topliss-reactive ketones (excluding diaryl/α,β-unsaturated/α-hetero) is 1. The number of carboxylic acid groups (broad SMARTS) is 1. The Balaban J connectivity index is 0.000000433. The van der Waals surface area contributed by atoms with Crippen LogP contribution in [0.4, 0.5) is 0 Å². The molecule has 0 radical (unpaired) electrons. The Hall–Kier alpha value is -0.240. The fourth-order valence-corrected chi connectivity index (χ4v) is 2.44. The molecule has 2 unspecified atom stereocenters. The molecule has 1 aliphatic rings. The van der Waals surface area contributed by atoms with E-state index in [4.69, 9.17) is 10.8 Å². The Bertz CT molecular complexity index is 349. The summed E-state index contributed by atoms with van der Waals surface area (Å²) < 4.78 is 9.51. The lowest BCUT2D eigenvalue weighted by Gasteiger charge is -2.38. The SMILES string of the molecule is CC(C)(C)S(C)(C)O.NC(CSC1CCC(=O)C1)C(=O)O. The number of carbonyl (C=O) groups excluding carboxylic acids is 1. The smallest absolute Gasteiger partial charge is 0.321 e. The predicted octanol–water partition coefficient (Wildman–Crippen LogP) is 2.58. The average Bonchev–Trinajstić information content (AvgIpc) is 2.70. The van der Waals surface area contributed by atoms with E-state index in [9.17, 15) is 14.1 Å². The van der Waals surface area contributed by atoms with Gasteiger partial charge in [0.05, 0.1) is 0 Å². The zero-order valence-corrected chi connectivity index (χ0v) is 15.2. The molecule has 0 aromatic heterocycles. The van der Waals surface area contributed by atoms with Crippen LogP contribution < -0.4 is 5.73 Å². The Morgan fingerprint density at radius 3 is 2.24 bits per heavy atom. The van der Waals surface area contributed by atoms with Crippen LogP contribution in [0.5, 0.6) is 0 Å². The first-order chi connectivity index (χ1) is 9.34. The van der Waals surface area contributed by atoms with Gasteiger partial charge in [0.15, 0.2) is 0 Å². The summed E-state index contributed by atoms with van der Waals surface area (Å²) in [5, 5.41) is 8.79. The standard InChI is InChI=1S/C8H13NO3S.C6H16OS/c9-7(8(11)12)4-13-6-2-1-5(10)3-6;1-6(2,3)8(4,5)7/h6-7H,1-4,9H2,(H,11,12);7H,1-5H3. The third kappa shape index (κ3) is 8.70. The van der Waals surface area contributed by atoms with Crippen LogP contribution in [0.1, 0.15) is 40.0 Å². The number of ketones is 1. The number of hydrogen-bond acceptors (Lipinski definition) is 5. The monoisotopic (exact) mass is 339 g/mol. The number of carbonyl (C=O) groups is 2. The summed E-state index contributed by atoms with van der Waals surface area (Å²) in [6.45, 7) is 6.17. The van der Waals surface area contributed by atoms with Crippen molar-refractivity contribution in [3.8, 4) is 0 Å². The molecule has 7 heteroatoms. The first-order valence-electron chi connectivity index (χ1n) is 6.91. The zero-order chi connectivity index (χ0) is 16.8.